The van der Waals surface area contributed by atoms with E-state index < -0.39 is 12.1 Å². The predicted molar refractivity (Wildman–Crippen MR) is 98.6 cm³/mol. The Bertz CT molecular complexity index is 642. The molecule has 0 heterocycles. The number of carbonyl (C=O) groups is 3. The first kappa shape index (κ1) is 19.9. The molecule has 0 spiro atoms. The molecule has 0 radical (unpaired) electrons. The first-order chi connectivity index (χ1) is 12.4. The number of benzene rings is 1. The molecule has 1 saturated carbocycles. The fraction of sp³-hybridized carbons (Fsp3) is 0.550. The minimum absolute atomic E-state index is 0.138. The van der Waals surface area contributed by atoms with Crippen molar-refractivity contribution in [1.82, 2.24) is 10.6 Å². The third-order valence-electron chi connectivity index (χ3n) is 4.82. The third-order valence-corrected chi connectivity index (χ3v) is 4.82. The van der Waals surface area contributed by atoms with Gasteiger partial charge in [0.05, 0.1) is 0 Å². The quantitative estimate of drug-likeness (QED) is 0.763. The predicted octanol–water partition coefficient (Wildman–Crippen LogP) is 2.35. The summed E-state index contributed by atoms with van der Waals surface area (Å²) in [5, 5.41) is 5.47. The van der Waals surface area contributed by atoms with Gasteiger partial charge in [-0.15, -0.1) is 0 Å². The lowest BCUT2D eigenvalue weighted by molar-refractivity contribution is -0.154. The van der Waals surface area contributed by atoms with Gasteiger partial charge in [-0.2, -0.15) is 0 Å². The molecule has 142 valence electrons. The van der Waals surface area contributed by atoms with Crippen molar-refractivity contribution in [2.75, 3.05) is 6.54 Å². The second-order valence-electron chi connectivity index (χ2n) is 7.06. The van der Waals surface area contributed by atoms with Crippen molar-refractivity contribution in [2.24, 2.45) is 5.92 Å². The summed E-state index contributed by atoms with van der Waals surface area (Å²) in [6, 6.07) is 7.17. The van der Waals surface area contributed by atoms with Gasteiger partial charge >= 0.3 is 5.97 Å². The lowest BCUT2D eigenvalue weighted by atomic mass is 9.86. The highest BCUT2D eigenvalue weighted by atomic mass is 16.5. The number of aryl methyl sites for hydroxylation is 1. The Labute approximate surface area is 154 Å². The summed E-state index contributed by atoms with van der Waals surface area (Å²) in [5.74, 6) is -0.841. The van der Waals surface area contributed by atoms with E-state index >= 15 is 0 Å². The molecule has 0 bridgehead atoms. The number of hydrogen-bond acceptors (Lipinski definition) is 4. The van der Waals surface area contributed by atoms with E-state index in [0.29, 0.717) is 11.5 Å². The van der Waals surface area contributed by atoms with Crippen molar-refractivity contribution in [3.63, 3.8) is 0 Å². The van der Waals surface area contributed by atoms with Crippen molar-refractivity contribution in [3.8, 4) is 0 Å². The van der Waals surface area contributed by atoms with Gasteiger partial charge in [0, 0.05) is 11.6 Å². The summed E-state index contributed by atoms with van der Waals surface area (Å²) in [7, 11) is 0. The Kier molecular flexibility index (Phi) is 7.18. The lowest BCUT2D eigenvalue weighted by Gasteiger charge is -2.30. The topological polar surface area (TPSA) is 84.5 Å². The minimum Gasteiger partial charge on any atom is -0.451 e. The molecule has 0 saturated heterocycles. The van der Waals surface area contributed by atoms with Crippen LogP contribution >= 0.6 is 0 Å². The summed E-state index contributed by atoms with van der Waals surface area (Å²) < 4.78 is 5.13. The molecule has 2 N–H and O–H groups in total. The molecule has 0 unspecified atom stereocenters. The Hall–Kier alpha value is -2.37. The van der Waals surface area contributed by atoms with Crippen LogP contribution in [-0.4, -0.2) is 36.5 Å². The van der Waals surface area contributed by atoms with Gasteiger partial charge in [-0.1, -0.05) is 37.5 Å². The Morgan fingerprint density at radius 3 is 2.46 bits per heavy atom. The lowest BCUT2D eigenvalue weighted by Crippen LogP contribution is -2.46. The van der Waals surface area contributed by atoms with Crippen LogP contribution in [0.2, 0.25) is 0 Å². The smallest absolute Gasteiger partial charge is 0.326 e. The fourth-order valence-electron chi connectivity index (χ4n) is 3.08. The van der Waals surface area contributed by atoms with Crippen LogP contribution in [0.1, 0.15) is 55.5 Å². The molecule has 3 atom stereocenters. The van der Waals surface area contributed by atoms with Crippen molar-refractivity contribution in [3.05, 3.63) is 35.4 Å². The molecule has 26 heavy (non-hydrogen) atoms. The fourth-order valence-corrected chi connectivity index (χ4v) is 3.08. The molecule has 1 aliphatic rings. The zero-order valence-corrected chi connectivity index (χ0v) is 15.7. The normalized spacial score (nSPS) is 20.7. The summed E-state index contributed by atoms with van der Waals surface area (Å²) >= 11 is 0. The number of carbonyl (C=O) groups excluding carboxylic acids is 3. The van der Waals surface area contributed by atoms with Crippen LogP contribution in [-0.2, 0) is 14.3 Å². The highest BCUT2D eigenvalue weighted by Crippen LogP contribution is 2.23. The Morgan fingerprint density at radius 1 is 1.15 bits per heavy atom. The van der Waals surface area contributed by atoms with E-state index in [9.17, 15) is 14.4 Å². The Morgan fingerprint density at radius 2 is 1.81 bits per heavy atom. The maximum Gasteiger partial charge on any atom is 0.326 e. The zero-order valence-electron chi connectivity index (χ0n) is 15.7. The van der Waals surface area contributed by atoms with Crippen LogP contribution in [0.5, 0.6) is 0 Å². The summed E-state index contributed by atoms with van der Waals surface area (Å²) in [6.07, 6.45) is 3.48. The van der Waals surface area contributed by atoms with E-state index in [2.05, 4.69) is 17.6 Å². The molecule has 1 aromatic rings. The van der Waals surface area contributed by atoms with Gasteiger partial charge in [0.15, 0.2) is 6.10 Å². The molecule has 1 aromatic carbocycles. The number of amides is 2. The van der Waals surface area contributed by atoms with Crippen LogP contribution in [0.4, 0.5) is 0 Å². The number of nitrogens with one attached hydrogen (secondary N) is 2. The molecule has 0 aliphatic heterocycles. The van der Waals surface area contributed by atoms with Crippen LogP contribution in [0.3, 0.4) is 0 Å². The van der Waals surface area contributed by atoms with Crippen LogP contribution in [0, 0.1) is 12.8 Å². The van der Waals surface area contributed by atoms with E-state index in [1.165, 1.54) is 6.42 Å². The van der Waals surface area contributed by atoms with Gasteiger partial charge in [0.1, 0.15) is 6.54 Å². The number of ether oxygens (including phenoxy) is 1. The minimum atomic E-state index is -0.882. The second kappa shape index (κ2) is 9.36. The van der Waals surface area contributed by atoms with Gasteiger partial charge in [-0.3, -0.25) is 14.4 Å². The van der Waals surface area contributed by atoms with Gasteiger partial charge in [0.2, 0.25) is 0 Å². The summed E-state index contributed by atoms with van der Waals surface area (Å²) in [5.41, 5.74) is 1.52. The van der Waals surface area contributed by atoms with Gasteiger partial charge in [-0.05, 0) is 44.7 Å². The van der Waals surface area contributed by atoms with Crippen LogP contribution in [0.15, 0.2) is 24.3 Å². The van der Waals surface area contributed by atoms with Crippen LogP contribution in [0.25, 0.3) is 0 Å². The van der Waals surface area contributed by atoms with Crippen molar-refractivity contribution >= 4 is 17.8 Å². The van der Waals surface area contributed by atoms with Gasteiger partial charge < -0.3 is 15.4 Å². The highest BCUT2D eigenvalue weighted by molar-refractivity contribution is 5.96. The standard InChI is InChI=1S/C20H28N2O4/c1-13-8-10-16(11-9-13)20(25)21-12-18(23)26-15(3)19(24)22-17-7-5-4-6-14(17)2/h8-11,14-15,17H,4-7,12H2,1-3H3,(H,21,25)(H,22,24)/t14-,15-,17-/m1/s1. The molecule has 2 rings (SSSR count). The van der Waals surface area contributed by atoms with E-state index in [1.54, 1.807) is 19.1 Å². The molecule has 1 fully saturated rings. The maximum atomic E-state index is 12.2. The SMILES string of the molecule is Cc1ccc(C(=O)NCC(=O)O[C@H](C)C(=O)N[C@@H]2CCCC[C@H]2C)cc1. The number of esters is 1. The van der Waals surface area contributed by atoms with Crippen molar-refractivity contribution in [2.45, 2.75) is 58.6 Å². The molecule has 2 amide bonds. The average Bonchev–Trinajstić information content (AvgIpc) is 2.62. The summed E-state index contributed by atoms with van der Waals surface area (Å²) in [6.45, 7) is 5.33. The molecule has 1 aliphatic carbocycles. The first-order valence-corrected chi connectivity index (χ1v) is 9.21. The zero-order chi connectivity index (χ0) is 19.1. The van der Waals surface area contributed by atoms with E-state index in [0.717, 1.165) is 24.8 Å². The maximum absolute atomic E-state index is 12.2. The molecular formula is C20H28N2O4. The summed E-state index contributed by atoms with van der Waals surface area (Å²) in [4.78, 5) is 36.1. The number of hydrogen-bond donors (Lipinski definition) is 2. The second-order valence-corrected chi connectivity index (χ2v) is 7.06. The monoisotopic (exact) mass is 360 g/mol. The number of rotatable bonds is 6. The third kappa shape index (κ3) is 5.86. The highest BCUT2D eigenvalue weighted by Gasteiger charge is 2.26. The molecule has 0 aromatic heterocycles. The average molecular weight is 360 g/mol. The molecule has 6 nitrogen and oxygen atoms in total. The molecule has 6 heteroatoms. The first-order valence-electron chi connectivity index (χ1n) is 9.21. The van der Waals surface area contributed by atoms with Crippen LogP contribution < -0.4 is 10.6 Å². The van der Waals surface area contributed by atoms with Gasteiger partial charge in [0.25, 0.3) is 11.8 Å². The largest absolute Gasteiger partial charge is 0.451 e. The van der Waals surface area contributed by atoms with E-state index in [-0.39, 0.29) is 24.4 Å². The van der Waals surface area contributed by atoms with E-state index in [1.807, 2.05) is 19.1 Å². The van der Waals surface area contributed by atoms with E-state index in [4.69, 9.17) is 4.74 Å². The Balaban J connectivity index is 1.74. The van der Waals surface area contributed by atoms with Gasteiger partial charge in [-0.25, -0.2) is 0 Å². The van der Waals surface area contributed by atoms with Crippen molar-refractivity contribution < 1.29 is 19.1 Å². The van der Waals surface area contributed by atoms with Crippen molar-refractivity contribution in [1.29, 1.82) is 0 Å². The molecular weight excluding hydrogens is 332 g/mol.